The molecule has 2 saturated heterocycles. The van der Waals surface area contributed by atoms with Crippen molar-refractivity contribution < 1.29 is 23.9 Å². The van der Waals surface area contributed by atoms with Crippen molar-refractivity contribution in [3.8, 4) is 5.75 Å². The molecule has 176 valence electrons. The molecule has 0 aromatic heterocycles. The molecule has 3 heterocycles. The van der Waals surface area contributed by atoms with Crippen LogP contribution in [0, 0.1) is 18.8 Å². The van der Waals surface area contributed by atoms with Gasteiger partial charge in [0.15, 0.2) is 0 Å². The number of ether oxygens (including phenoxy) is 1. The SMILES string of the molecule is COc1ccc(CN2C(=O)[C@@H]3[C@H](CCC(N)=O)N[C@@]4(C(=O)Nc5c(C)cccc54)[C@H]3C2=O)cc1. The highest BCUT2D eigenvalue weighted by Gasteiger charge is 2.70. The molecule has 4 atom stereocenters. The normalized spacial score (nSPS) is 27.2. The molecule has 0 bridgehead atoms. The van der Waals surface area contributed by atoms with Crippen LogP contribution in [-0.2, 0) is 31.3 Å². The monoisotopic (exact) mass is 462 g/mol. The molecule has 0 radical (unpaired) electrons. The number of hydrogen-bond acceptors (Lipinski definition) is 6. The minimum Gasteiger partial charge on any atom is -0.497 e. The first-order valence-corrected chi connectivity index (χ1v) is 11.2. The number of fused-ring (bicyclic) bond motifs is 4. The summed E-state index contributed by atoms with van der Waals surface area (Å²) in [5, 5.41) is 6.23. The molecular weight excluding hydrogens is 436 g/mol. The van der Waals surface area contributed by atoms with Gasteiger partial charge in [-0.25, -0.2) is 0 Å². The molecule has 3 aliphatic heterocycles. The summed E-state index contributed by atoms with van der Waals surface area (Å²) in [7, 11) is 1.56. The van der Waals surface area contributed by atoms with Crippen LogP contribution in [0.4, 0.5) is 5.69 Å². The molecule has 0 aliphatic carbocycles. The zero-order valence-electron chi connectivity index (χ0n) is 19.0. The minimum absolute atomic E-state index is 0.0409. The number of primary amides is 1. The zero-order valence-corrected chi connectivity index (χ0v) is 19.0. The molecule has 0 unspecified atom stereocenters. The second-order valence-electron chi connectivity index (χ2n) is 9.13. The summed E-state index contributed by atoms with van der Waals surface area (Å²) in [6.45, 7) is 1.97. The van der Waals surface area contributed by atoms with E-state index in [0.717, 1.165) is 11.1 Å². The van der Waals surface area contributed by atoms with Crippen molar-refractivity contribution in [2.24, 2.45) is 17.6 Å². The van der Waals surface area contributed by atoms with E-state index in [1.165, 1.54) is 4.90 Å². The van der Waals surface area contributed by atoms with Crippen molar-refractivity contribution in [1.29, 1.82) is 0 Å². The topological polar surface area (TPSA) is 131 Å². The van der Waals surface area contributed by atoms with Crippen molar-refractivity contribution in [2.45, 2.75) is 37.9 Å². The number of rotatable bonds is 6. The Kier molecular flexibility index (Phi) is 5.16. The summed E-state index contributed by atoms with van der Waals surface area (Å²) in [5.41, 5.74) is 6.94. The van der Waals surface area contributed by atoms with E-state index in [4.69, 9.17) is 10.5 Å². The van der Waals surface area contributed by atoms with Crippen molar-refractivity contribution in [3.63, 3.8) is 0 Å². The highest BCUT2D eigenvalue weighted by Crippen LogP contribution is 2.54. The van der Waals surface area contributed by atoms with E-state index in [1.807, 2.05) is 25.1 Å². The Balaban J connectivity index is 1.56. The quantitative estimate of drug-likeness (QED) is 0.553. The number of methoxy groups -OCH3 is 1. The van der Waals surface area contributed by atoms with Gasteiger partial charge in [0.25, 0.3) is 0 Å². The van der Waals surface area contributed by atoms with Gasteiger partial charge in [0, 0.05) is 23.7 Å². The van der Waals surface area contributed by atoms with Gasteiger partial charge in [0.1, 0.15) is 11.3 Å². The van der Waals surface area contributed by atoms with Crippen LogP contribution >= 0.6 is 0 Å². The lowest BCUT2D eigenvalue weighted by Gasteiger charge is -2.29. The van der Waals surface area contributed by atoms with Crippen LogP contribution in [0.2, 0.25) is 0 Å². The third kappa shape index (κ3) is 3.11. The number of nitrogens with two attached hydrogens (primary N) is 1. The number of carbonyl (C=O) groups excluding carboxylic acids is 4. The smallest absolute Gasteiger partial charge is 0.250 e. The third-order valence-corrected chi connectivity index (χ3v) is 7.25. The van der Waals surface area contributed by atoms with E-state index in [2.05, 4.69) is 10.6 Å². The molecule has 5 rings (SSSR count). The average Bonchev–Trinajstić information content (AvgIpc) is 3.40. The molecule has 3 aliphatic rings. The highest BCUT2D eigenvalue weighted by atomic mass is 16.5. The summed E-state index contributed by atoms with van der Waals surface area (Å²) in [5.74, 6) is -2.63. The van der Waals surface area contributed by atoms with Gasteiger partial charge >= 0.3 is 0 Å². The number of para-hydroxylation sites is 1. The second kappa shape index (κ2) is 7.95. The summed E-state index contributed by atoms with van der Waals surface area (Å²) >= 11 is 0. The first-order valence-electron chi connectivity index (χ1n) is 11.2. The standard InChI is InChI=1S/C25H26N4O5/c1-13-4-3-5-16-21(13)27-24(33)25(16)20-19(17(28-25)10-11-18(26)30)22(31)29(23(20)32)12-14-6-8-15(34-2)9-7-14/h3-9,17,19-20,28H,10-12H2,1-2H3,(H2,26,30)(H,27,33)/t17-,19+,20+,25+/m0/s1. The van der Waals surface area contributed by atoms with Gasteiger partial charge in [0.2, 0.25) is 23.6 Å². The summed E-state index contributed by atoms with van der Waals surface area (Å²) in [4.78, 5) is 53.6. The predicted molar refractivity (Wildman–Crippen MR) is 122 cm³/mol. The van der Waals surface area contributed by atoms with E-state index in [1.54, 1.807) is 31.4 Å². The molecule has 1 spiro atoms. The van der Waals surface area contributed by atoms with E-state index in [-0.39, 0.29) is 31.2 Å². The largest absolute Gasteiger partial charge is 0.497 e. The van der Waals surface area contributed by atoms with Gasteiger partial charge in [-0.05, 0) is 36.6 Å². The Labute approximate surface area is 196 Å². The van der Waals surface area contributed by atoms with Gasteiger partial charge in [-0.3, -0.25) is 29.4 Å². The summed E-state index contributed by atoms with van der Waals surface area (Å²) in [6.07, 6.45) is 0.293. The fourth-order valence-corrected chi connectivity index (χ4v) is 5.65. The Hall–Kier alpha value is -3.72. The number of hydrogen-bond donors (Lipinski definition) is 3. The highest BCUT2D eigenvalue weighted by molar-refractivity contribution is 6.15. The molecule has 4 amide bonds. The number of anilines is 1. The zero-order chi connectivity index (χ0) is 24.2. The van der Waals surface area contributed by atoms with Gasteiger partial charge in [-0.2, -0.15) is 0 Å². The van der Waals surface area contributed by atoms with Crippen LogP contribution in [0.15, 0.2) is 42.5 Å². The number of carbonyl (C=O) groups is 4. The van der Waals surface area contributed by atoms with Gasteiger partial charge < -0.3 is 15.8 Å². The molecule has 0 saturated carbocycles. The molecular formula is C25H26N4O5. The Morgan fingerprint density at radius 1 is 1.12 bits per heavy atom. The number of amides is 4. The number of likely N-dealkylation sites (tertiary alicyclic amines) is 1. The van der Waals surface area contributed by atoms with E-state index in [0.29, 0.717) is 17.0 Å². The molecule has 2 aromatic rings. The van der Waals surface area contributed by atoms with E-state index >= 15 is 0 Å². The maximum absolute atomic E-state index is 13.8. The maximum atomic E-state index is 13.8. The average molecular weight is 463 g/mol. The van der Waals surface area contributed by atoms with Crippen LogP contribution in [0.5, 0.6) is 5.75 Å². The number of imide groups is 1. The number of aryl methyl sites for hydroxylation is 1. The Morgan fingerprint density at radius 3 is 2.53 bits per heavy atom. The van der Waals surface area contributed by atoms with Gasteiger partial charge in [-0.15, -0.1) is 0 Å². The van der Waals surface area contributed by atoms with Crippen molar-refractivity contribution in [3.05, 3.63) is 59.2 Å². The van der Waals surface area contributed by atoms with E-state index in [9.17, 15) is 19.2 Å². The molecule has 9 heteroatoms. The third-order valence-electron chi connectivity index (χ3n) is 7.25. The van der Waals surface area contributed by atoms with E-state index < -0.39 is 35.2 Å². The number of nitrogens with zero attached hydrogens (tertiary/aromatic N) is 1. The first-order chi connectivity index (χ1) is 16.3. The second-order valence-corrected chi connectivity index (χ2v) is 9.13. The summed E-state index contributed by atoms with van der Waals surface area (Å²) in [6, 6.07) is 12.1. The fraction of sp³-hybridized carbons (Fsp3) is 0.360. The van der Waals surface area contributed by atoms with Crippen molar-refractivity contribution >= 4 is 29.3 Å². The van der Waals surface area contributed by atoms with Crippen LogP contribution in [0.25, 0.3) is 0 Å². The van der Waals surface area contributed by atoms with Crippen molar-refractivity contribution in [1.82, 2.24) is 10.2 Å². The van der Waals surface area contributed by atoms with Crippen LogP contribution in [0.3, 0.4) is 0 Å². The van der Waals surface area contributed by atoms with Crippen LogP contribution in [0.1, 0.15) is 29.5 Å². The van der Waals surface area contributed by atoms with Gasteiger partial charge in [0.05, 0.1) is 25.5 Å². The number of nitrogens with one attached hydrogen (secondary N) is 2. The van der Waals surface area contributed by atoms with Gasteiger partial charge in [-0.1, -0.05) is 30.3 Å². The minimum atomic E-state index is -1.38. The molecule has 4 N–H and O–H groups in total. The lowest BCUT2D eigenvalue weighted by Crippen LogP contribution is -2.53. The Morgan fingerprint density at radius 2 is 1.85 bits per heavy atom. The lowest BCUT2D eigenvalue weighted by atomic mass is 9.76. The lowest BCUT2D eigenvalue weighted by molar-refractivity contribution is -0.143. The van der Waals surface area contributed by atoms with Crippen molar-refractivity contribution in [2.75, 3.05) is 12.4 Å². The molecule has 2 aromatic carbocycles. The number of benzene rings is 2. The maximum Gasteiger partial charge on any atom is 0.250 e. The predicted octanol–water partition coefficient (Wildman–Crippen LogP) is 1.19. The van der Waals surface area contributed by atoms with Crippen LogP contribution < -0.4 is 21.1 Å². The van der Waals surface area contributed by atoms with Crippen LogP contribution in [-0.4, -0.2) is 41.7 Å². The summed E-state index contributed by atoms with van der Waals surface area (Å²) < 4.78 is 5.18. The molecule has 34 heavy (non-hydrogen) atoms. The Bertz CT molecular complexity index is 1210. The molecule has 2 fully saturated rings. The molecule has 9 nitrogen and oxygen atoms in total. The first kappa shape index (κ1) is 22.1. The fourth-order valence-electron chi connectivity index (χ4n) is 5.65.